The summed E-state index contributed by atoms with van der Waals surface area (Å²) in [5.41, 5.74) is 1.27. The fraction of sp³-hybridized carbons (Fsp3) is 0.133. The van der Waals surface area contributed by atoms with Crippen LogP contribution in [0, 0.1) is 12.7 Å². The summed E-state index contributed by atoms with van der Waals surface area (Å²) in [4.78, 5) is 11.7. The highest BCUT2D eigenvalue weighted by molar-refractivity contribution is 5.75. The molecule has 3 heteroatoms. The van der Waals surface area contributed by atoms with Gasteiger partial charge in [0, 0.05) is 0 Å². The molecule has 0 unspecified atom stereocenters. The molecular weight excluding hydrogens is 231 g/mol. The van der Waals surface area contributed by atoms with E-state index in [1.54, 1.807) is 43.3 Å². The lowest BCUT2D eigenvalue weighted by atomic mass is 10.1. The summed E-state index contributed by atoms with van der Waals surface area (Å²) in [5.74, 6) is -0.108. The molecule has 0 atom stereocenters. The van der Waals surface area contributed by atoms with E-state index >= 15 is 0 Å². The number of hydrogen-bond donors (Lipinski definition) is 0. The van der Waals surface area contributed by atoms with Crippen molar-refractivity contribution in [1.82, 2.24) is 0 Å². The van der Waals surface area contributed by atoms with Crippen molar-refractivity contribution in [3.63, 3.8) is 0 Å². The molecule has 0 saturated heterocycles. The zero-order valence-corrected chi connectivity index (χ0v) is 10.0. The summed E-state index contributed by atoms with van der Waals surface area (Å²) >= 11 is 0. The molecular formula is C15H13FO2. The number of benzene rings is 2. The van der Waals surface area contributed by atoms with Gasteiger partial charge in [0.25, 0.3) is 0 Å². The second-order valence-corrected chi connectivity index (χ2v) is 4.05. The minimum Gasteiger partial charge on any atom is -0.426 e. The molecule has 0 bridgehead atoms. The molecule has 0 N–H and O–H groups in total. The first-order chi connectivity index (χ1) is 8.65. The molecule has 2 aromatic rings. The fourth-order valence-corrected chi connectivity index (χ4v) is 1.64. The summed E-state index contributed by atoms with van der Waals surface area (Å²) in [6.45, 7) is 1.67. The van der Waals surface area contributed by atoms with Gasteiger partial charge in [0.1, 0.15) is 11.6 Å². The molecule has 2 aromatic carbocycles. The van der Waals surface area contributed by atoms with Crippen LogP contribution in [0.4, 0.5) is 4.39 Å². The number of para-hydroxylation sites is 1. The molecule has 0 aliphatic rings. The van der Waals surface area contributed by atoms with Crippen molar-refractivity contribution < 1.29 is 13.9 Å². The van der Waals surface area contributed by atoms with Gasteiger partial charge in [0.05, 0.1) is 6.42 Å². The van der Waals surface area contributed by atoms with Crippen LogP contribution < -0.4 is 4.74 Å². The second kappa shape index (κ2) is 5.45. The largest absolute Gasteiger partial charge is 0.426 e. The maximum Gasteiger partial charge on any atom is 0.315 e. The van der Waals surface area contributed by atoms with Gasteiger partial charge in [-0.2, -0.15) is 0 Å². The van der Waals surface area contributed by atoms with E-state index in [4.69, 9.17) is 4.74 Å². The molecule has 0 amide bonds. The number of hydrogen-bond acceptors (Lipinski definition) is 2. The van der Waals surface area contributed by atoms with Crippen molar-refractivity contribution in [3.05, 3.63) is 65.5 Å². The zero-order valence-electron chi connectivity index (χ0n) is 10.0. The molecule has 0 radical (unpaired) electrons. The standard InChI is InChI=1S/C15H13FO2/c1-11-9-12(7-8-14(11)16)10-15(17)18-13-5-3-2-4-6-13/h2-9H,10H2,1H3. The van der Waals surface area contributed by atoms with Gasteiger partial charge in [0.15, 0.2) is 0 Å². The van der Waals surface area contributed by atoms with Crippen LogP contribution in [0.15, 0.2) is 48.5 Å². The third-order valence-electron chi connectivity index (χ3n) is 2.55. The van der Waals surface area contributed by atoms with E-state index in [9.17, 15) is 9.18 Å². The highest BCUT2D eigenvalue weighted by Crippen LogP contribution is 2.12. The number of halogens is 1. The SMILES string of the molecule is Cc1cc(CC(=O)Oc2ccccc2)ccc1F. The van der Waals surface area contributed by atoms with Gasteiger partial charge < -0.3 is 4.74 Å². The van der Waals surface area contributed by atoms with E-state index < -0.39 is 0 Å². The average Bonchev–Trinajstić information content (AvgIpc) is 2.35. The smallest absolute Gasteiger partial charge is 0.315 e. The Bertz CT molecular complexity index is 550. The van der Waals surface area contributed by atoms with Crippen LogP contribution in [-0.2, 0) is 11.2 Å². The van der Waals surface area contributed by atoms with Crippen LogP contribution in [0.25, 0.3) is 0 Å². The van der Waals surface area contributed by atoms with E-state index in [0.29, 0.717) is 11.3 Å². The molecule has 0 aliphatic carbocycles. The lowest BCUT2D eigenvalue weighted by molar-refractivity contribution is -0.133. The number of esters is 1. The maximum atomic E-state index is 13.1. The quantitative estimate of drug-likeness (QED) is 0.611. The van der Waals surface area contributed by atoms with E-state index in [0.717, 1.165) is 5.56 Å². The molecule has 0 fully saturated rings. The van der Waals surface area contributed by atoms with Gasteiger partial charge in [-0.25, -0.2) is 4.39 Å². The zero-order chi connectivity index (χ0) is 13.0. The minimum atomic E-state index is -0.354. The van der Waals surface area contributed by atoms with Crippen LogP contribution >= 0.6 is 0 Å². The summed E-state index contributed by atoms with van der Waals surface area (Å²) in [6, 6.07) is 13.5. The monoisotopic (exact) mass is 244 g/mol. The van der Waals surface area contributed by atoms with Crippen molar-refractivity contribution in [1.29, 1.82) is 0 Å². The van der Waals surface area contributed by atoms with Crippen LogP contribution in [0.2, 0.25) is 0 Å². The first-order valence-electron chi connectivity index (χ1n) is 5.66. The fourth-order valence-electron chi connectivity index (χ4n) is 1.64. The van der Waals surface area contributed by atoms with E-state index in [-0.39, 0.29) is 18.2 Å². The molecule has 0 aliphatic heterocycles. The number of aryl methyl sites for hydroxylation is 1. The third kappa shape index (κ3) is 3.17. The number of carbonyl (C=O) groups is 1. The summed E-state index contributed by atoms with van der Waals surface area (Å²) in [5, 5.41) is 0. The highest BCUT2D eigenvalue weighted by Gasteiger charge is 2.07. The van der Waals surface area contributed by atoms with Crippen molar-refractivity contribution >= 4 is 5.97 Å². The van der Waals surface area contributed by atoms with Gasteiger partial charge in [0.2, 0.25) is 0 Å². The molecule has 2 rings (SSSR count). The Labute approximate surface area is 105 Å². The molecule has 0 spiro atoms. The van der Waals surface area contributed by atoms with Crippen molar-refractivity contribution in [2.24, 2.45) is 0 Å². The molecule has 92 valence electrons. The van der Waals surface area contributed by atoms with Crippen LogP contribution in [0.5, 0.6) is 5.75 Å². The van der Waals surface area contributed by atoms with E-state index in [2.05, 4.69) is 0 Å². The normalized spacial score (nSPS) is 10.1. The minimum absolute atomic E-state index is 0.135. The Morgan fingerprint density at radius 3 is 2.56 bits per heavy atom. The molecule has 0 saturated carbocycles. The van der Waals surface area contributed by atoms with Crippen molar-refractivity contribution in [2.75, 3.05) is 0 Å². The summed E-state index contributed by atoms with van der Waals surface area (Å²) in [6.07, 6.45) is 0.135. The first-order valence-corrected chi connectivity index (χ1v) is 5.66. The lowest BCUT2D eigenvalue weighted by Gasteiger charge is -2.05. The summed E-state index contributed by atoms with van der Waals surface area (Å²) in [7, 11) is 0. The molecule has 0 heterocycles. The second-order valence-electron chi connectivity index (χ2n) is 4.05. The van der Waals surface area contributed by atoms with Gasteiger partial charge in [-0.15, -0.1) is 0 Å². The van der Waals surface area contributed by atoms with Crippen LogP contribution in [-0.4, -0.2) is 5.97 Å². The molecule has 2 nitrogen and oxygen atoms in total. The number of carbonyl (C=O) groups excluding carboxylic acids is 1. The van der Waals surface area contributed by atoms with Crippen molar-refractivity contribution in [3.8, 4) is 5.75 Å². The van der Waals surface area contributed by atoms with Gasteiger partial charge in [-0.3, -0.25) is 4.79 Å². The van der Waals surface area contributed by atoms with Gasteiger partial charge in [-0.1, -0.05) is 30.3 Å². The highest BCUT2D eigenvalue weighted by atomic mass is 19.1. The van der Waals surface area contributed by atoms with Crippen LogP contribution in [0.3, 0.4) is 0 Å². The van der Waals surface area contributed by atoms with E-state index in [1.165, 1.54) is 6.07 Å². The Kier molecular flexibility index (Phi) is 3.72. The Balaban J connectivity index is 2.01. The Hall–Kier alpha value is -2.16. The Morgan fingerprint density at radius 2 is 1.89 bits per heavy atom. The van der Waals surface area contributed by atoms with Gasteiger partial charge >= 0.3 is 5.97 Å². The third-order valence-corrected chi connectivity index (χ3v) is 2.55. The molecule has 0 aromatic heterocycles. The predicted molar refractivity (Wildman–Crippen MR) is 66.9 cm³/mol. The Morgan fingerprint density at radius 1 is 1.17 bits per heavy atom. The topological polar surface area (TPSA) is 26.3 Å². The maximum absolute atomic E-state index is 13.1. The van der Waals surface area contributed by atoms with Crippen LogP contribution in [0.1, 0.15) is 11.1 Å². The first kappa shape index (κ1) is 12.3. The molecule has 18 heavy (non-hydrogen) atoms. The number of rotatable bonds is 3. The van der Waals surface area contributed by atoms with Gasteiger partial charge in [-0.05, 0) is 36.2 Å². The summed E-state index contributed by atoms with van der Waals surface area (Å²) < 4.78 is 18.2. The van der Waals surface area contributed by atoms with E-state index in [1.807, 2.05) is 6.07 Å². The lowest BCUT2D eigenvalue weighted by Crippen LogP contribution is -2.11. The average molecular weight is 244 g/mol. The predicted octanol–water partition coefficient (Wildman–Crippen LogP) is 3.28. The van der Waals surface area contributed by atoms with Crippen molar-refractivity contribution in [2.45, 2.75) is 13.3 Å². The number of ether oxygens (including phenoxy) is 1.